The molecule has 1 aromatic carbocycles. The summed E-state index contributed by atoms with van der Waals surface area (Å²) in [6, 6.07) is 10.7. The van der Waals surface area contributed by atoms with Gasteiger partial charge in [0.15, 0.2) is 5.82 Å². The molecule has 128 valence electrons. The van der Waals surface area contributed by atoms with E-state index in [0.717, 1.165) is 35.8 Å². The Labute approximate surface area is 149 Å². The van der Waals surface area contributed by atoms with Gasteiger partial charge in [0.25, 0.3) is 0 Å². The van der Waals surface area contributed by atoms with Gasteiger partial charge in [0, 0.05) is 19.5 Å². The lowest BCUT2D eigenvalue weighted by atomic mass is 9.94. The van der Waals surface area contributed by atoms with Gasteiger partial charge < -0.3 is 4.90 Å². The molecule has 6 heteroatoms. The van der Waals surface area contributed by atoms with Crippen LogP contribution in [-0.2, 0) is 6.42 Å². The minimum absolute atomic E-state index is 0.640. The van der Waals surface area contributed by atoms with E-state index in [1.165, 1.54) is 32.1 Å². The minimum atomic E-state index is 0.640. The van der Waals surface area contributed by atoms with Crippen LogP contribution in [0.15, 0.2) is 30.3 Å². The molecule has 0 spiro atoms. The maximum Gasteiger partial charge on any atom is 0.156 e. The Hall–Kier alpha value is -1.82. The fraction of sp³-hybridized carbons (Fsp3) is 0.556. The fourth-order valence-electron chi connectivity index (χ4n) is 3.38. The minimum Gasteiger partial charge on any atom is -0.366 e. The average Bonchev–Trinajstić information content (AvgIpc) is 3.11. The largest absolute Gasteiger partial charge is 0.366 e. The molecule has 1 aliphatic rings. The highest BCUT2D eigenvalue weighted by Crippen LogP contribution is 2.22. The fourth-order valence-corrected chi connectivity index (χ4v) is 3.67. The molecule has 1 saturated carbocycles. The molecule has 1 heterocycles. The molecule has 0 atom stereocenters. The van der Waals surface area contributed by atoms with Gasteiger partial charge in [-0.25, -0.2) is 0 Å². The summed E-state index contributed by atoms with van der Waals surface area (Å²) in [4.78, 5) is 3.40. The van der Waals surface area contributed by atoms with Crippen molar-refractivity contribution in [2.45, 2.75) is 57.4 Å². The van der Waals surface area contributed by atoms with Gasteiger partial charge in [-0.05, 0) is 48.2 Å². The zero-order valence-corrected chi connectivity index (χ0v) is 15.1. The van der Waals surface area contributed by atoms with Crippen molar-refractivity contribution in [2.24, 2.45) is 0 Å². The van der Waals surface area contributed by atoms with Gasteiger partial charge in [-0.3, -0.25) is 0 Å². The van der Waals surface area contributed by atoms with Crippen LogP contribution in [0.3, 0.4) is 0 Å². The Bertz CT molecular complexity index is 648. The third-order valence-corrected chi connectivity index (χ3v) is 5.33. The van der Waals surface area contributed by atoms with Gasteiger partial charge in [0.2, 0.25) is 0 Å². The summed E-state index contributed by atoms with van der Waals surface area (Å²) in [5.74, 6) is 0.893. The van der Waals surface area contributed by atoms with E-state index in [9.17, 15) is 0 Å². The predicted molar refractivity (Wildman–Crippen MR) is 99.3 cm³/mol. The van der Waals surface area contributed by atoms with Crippen molar-refractivity contribution in [2.75, 3.05) is 7.05 Å². The summed E-state index contributed by atoms with van der Waals surface area (Å²) >= 11 is 5.65. The van der Waals surface area contributed by atoms with E-state index in [2.05, 4.69) is 27.5 Å². The van der Waals surface area contributed by atoms with E-state index in [-0.39, 0.29) is 0 Å². The van der Waals surface area contributed by atoms with Crippen molar-refractivity contribution in [1.82, 2.24) is 25.1 Å². The molecule has 0 amide bonds. The second-order valence-electron chi connectivity index (χ2n) is 6.49. The lowest BCUT2D eigenvalue weighted by Gasteiger charge is -2.33. The molecule has 0 unspecified atom stereocenters. The number of rotatable bonds is 6. The number of aryl methyl sites for hydroxylation is 1. The van der Waals surface area contributed by atoms with Crippen LogP contribution in [0.25, 0.3) is 5.69 Å². The number of hydrogen-bond acceptors (Lipinski definition) is 4. The lowest BCUT2D eigenvalue weighted by molar-refractivity contribution is 0.278. The van der Waals surface area contributed by atoms with Crippen LogP contribution in [-0.4, -0.2) is 43.2 Å². The van der Waals surface area contributed by atoms with E-state index in [1.807, 2.05) is 35.0 Å². The second kappa shape index (κ2) is 8.33. The second-order valence-corrected chi connectivity index (χ2v) is 6.96. The Balaban J connectivity index is 1.52. The highest BCUT2D eigenvalue weighted by Gasteiger charge is 2.19. The molecule has 0 N–H and O–H groups in total. The SMILES string of the molecule is CN(C(=S)CCCc1nnnn1-c1ccccc1)C1CCCCC1. The molecule has 2 aromatic rings. The van der Waals surface area contributed by atoms with Crippen LogP contribution in [0.4, 0.5) is 0 Å². The molecule has 0 saturated heterocycles. The highest BCUT2D eigenvalue weighted by atomic mass is 32.1. The Morgan fingerprint density at radius 1 is 1.21 bits per heavy atom. The van der Waals surface area contributed by atoms with Crippen molar-refractivity contribution >= 4 is 17.2 Å². The summed E-state index contributed by atoms with van der Waals surface area (Å²) in [6.45, 7) is 0. The summed E-state index contributed by atoms with van der Waals surface area (Å²) in [6.07, 6.45) is 9.34. The van der Waals surface area contributed by atoms with E-state index < -0.39 is 0 Å². The predicted octanol–water partition coefficient (Wildman–Crippen LogP) is 3.58. The number of tetrazole rings is 1. The molecule has 1 fully saturated rings. The zero-order chi connectivity index (χ0) is 16.8. The normalized spacial score (nSPS) is 15.4. The first-order chi connectivity index (χ1) is 11.8. The average molecular weight is 344 g/mol. The number of benzene rings is 1. The summed E-state index contributed by atoms with van der Waals surface area (Å²) in [7, 11) is 2.16. The van der Waals surface area contributed by atoms with Gasteiger partial charge in [0.05, 0.1) is 10.7 Å². The molecule has 1 aromatic heterocycles. The monoisotopic (exact) mass is 343 g/mol. The van der Waals surface area contributed by atoms with Gasteiger partial charge in [-0.2, -0.15) is 4.68 Å². The number of aromatic nitrogens is 4. The van der Waals surface area contributed by atoms with Crippen molar-refractivity contribution in [3.8, 4) is 5.69 Å². The number of thiocarbonyl (C=S) groups is 1. The smallest absolute Gasteiger partial charge is 0.156 e. The summed E-state index contributed by atoms with van der Waals surface area (Å²) < 4.78 is 1.81. The van der Waals surface area contributed by atoms with Crippen molar-refractivity contribution in [1.29, 1.82) is 0 Å². The van der Waals surface area contributed by atoms with Crippen LogP contribution in [0, 0.1) is 0 Å². The summed E-state index contributed by atoms with van der Waals surface area (Å²) in [5, 5.41) is 12.1. The maximum atomic E-state index is 5.65. The molecule has 0 aliphatic heterocycles. The quantitative estimate of drug-likeness (QED) is 0.750. The third-order valence-electron chi connectivity index (χ3n) is 4.84. The first-order valence-corrected chi connectivity index (χ1v) is 9.25. The van der Waals surface area contributed by atoms with Crippen LogP contribution in [0.1, 0.15) is 50.8 Å². The van der Waals surface area contributed by atoms with Gasteiger partial charge >= 0.3 is 0 Å². The van der Waals surface area contributed by atoms with Crippen LogP contribution in [0.2, 0.25) is 0 Å². The third kappa shape index (κ3) is 4.17. The standard InChI is InChI=1S/C18H25N5S/c1-22(15-9-4-2-5-10-15)18(24)14-8-13-17-19-20-21-23(17)16-11-6-3-7-12-16/h3,6-7,11-12,15H,2,4-5,8-10,13-14H2,1H3. The topological polar surface area (TPSA) is 46.8 Å². The van der Waals surface area contributed by atoms with Crippen molar-refractivity contribution < 1.29 is 0 Å². The van der Waals surface area contributed by atoms with Crippen molar-refractivity contribution in [3.05, 3.63) is 36.2 Å². The van der Waals surface area contributed by atoms with E-state index >= 15 is 0 Å². The number of nitrogens with zero attached hydrogens (tertiary/aromatic N) is 5. The van der Waals surface area contributed by atoms with Crippen LogP contribution >= 0.6 is 12.2 Å². The van der Waals surface area contributed by atoms with E-state index in [0.29, 0.717) is 6.04 Å². The Kier molecular flexibility index (Phi) is 5.91. The Morgan fingerprint density at radius 3 is 2.71 bits per heavy atom. The molecule has 5 nitrogen and oxygen atoms in total. The molecule has 0 radical (unpaired) electrons. The van der Waals surface area contributed by atoms with Gasteiger partial charge in [-0.1, -0.05) is 49.7 Å². The molecule has 24 heavy (non-hydrogen) atoms. The van der Waals surface area contributed by atoms with Crippen LogP contribution in [0.5, 0.6) is 0 Å². The summed E-state index contributed by atoms with van der Waals surface area (Å²) in [5.41, 5.74) is 0.999. The lowest BCUT2D eigenvalue weighted by Crippen LogP contribution is -2.37. The number of para-hydroxylation sites is 1. The first-order valence-electron chi connectivity index (χ1n) is 8.84. The zero-order valence-electron chi connectivity index (χ0n) is 14.3. The van der Waals surface area contributed by atoms with Crippen LogP contribution < -0.4 is 0 Å². The van der Waals surface area contributed by atoms with Gasteiger partial charge in [0.1, 0.15) is 0 Å². The Morgan fingerprint density at radius 2 is 1.96 bits per heavy atom. The molecule has 0 bridgehead atoms. The molecular formula is C18H25N5S. The van der Waals surface area contributed by atoms with Crippen molar-refractivity contribution in [3.63, 3.8) is 0 Å². The molecule has 3 rings (SSSR count). The first kappa shape index (κ1) is 17.0. The molecular weight excluding hydrogens is 318 g/mol. The van der Waals surface area contributed by atoms with E-state index in [4.69, 9.17) is 12.2 Å². The van der Waals surface area contributed by atoms with Gasteiger partial charge in [-0.15, -0.1) is 5.10 Å². The highest BCUT2D eigenvalue weighted by molar-refractivity contribution is 7.80. The van der Waals surface area contributed by atoms with E-state index in [1.54, 1.807) is 0 Å². The number of hydrogen-bond donors (Lipinski definition) is 0. The molecule has 1 aliphatic carbocycles. The maximum absolute atomic E-state index is 5.65.